The molecule has 4 nitrogen and oxygen atoms in total. The first-order chi connectivity index (χ1) is 9.20. The maximum absolute atomic E-state index is 6.11. The van der Waals surface area contributed by atoms with E-state index in [2.05, 4.69) is 0 Å². The van der Waals surface area contributed by atoms with E-state index in [-0.39, 0.29) is 6.04 Å². The molecule has 0 fully saturated rings. The van der Waals surface area contributed by atoms with Gasteiger partial charge in [0.15, 0.2) is 0 Å². The van der Waals surface area contributed by atoms with Gasteiger partial charge >= 0.3 is 0 Å². The van der Waals surface area contributed by atoms with E-state index in [9.17, 15) is 0 Å². The highest BCUT2D eigenvalue weighted by molar-refractivity contribution is 6.30. The van der Waals surface area contributed by atoms with Gasteiger partial charge in [0.1, 0.15) is 5.75 Å². The minimum absolute atomic E-state index is 0.0661. The molecule has 0 saturated heterocycles. The first kappa shape index (κ1) is 14.6. The predicted molar refractivity (Wildman–Crippen MR) is 75.0 cm³/mol. The van der Waals surface area contributed by atoms with Crippen LogP contribution in [0.2, 0.25) is 5.02 Å². The van der Waals surface area contributed by atoms with Gasteiger partial charge in [0, 0.05) is 24.6 Å². The lowest BCUT2D eigenvalue weighted by Gasteiger charge is -2.15. The Labute approximate surface area is 118 Å². The highest BCUT2D eigenvalue weighted by Gasteiger charge is 2.19. The van der Waals surface area contributed by atoms with E-state index in [1.807, 2.05) is 12.1 Å². The minimum atomic E-state index is -0.0661. The first-order valence-electron chi connectivity index (χ1n) is 6.47. The molecule has 0 bridgehead atoms. The maximum atomic E-state index is 6.11. The van der Waals surface area contributed by atoms with Gasteiger partial charge < -0.3 is 19.9 Å². The Morgan fingerprint density at radius 3 is 3.05 bits per heavy atom. The van der Waals surface area contributed by atoms with Gasteiger partial charge in [0.2, 0.25) is 0 Å². The third kappa shape index (κ3) is 4.08. The summed E-state index contributed by atoms with van der Waals surface area (Å²) in [7, 11) is 1.65. The van der Waals surface area contributed by atoms with Crippen molar-refractivity contribution in [3.05, 3.63) is 28.3 Å². The molecule has 0 aromatic heterocycles. The molecular formula is C14H20ClNO3. The maximum Gasteiger partial charge on any atom is 0.125 e. The summed E-state index contributed by atoms with van der Waals surface area (Å²) in [4.78, 5) is 0. The highest BCUT2D eigenvalue weighted by Crippen LogP contribution is 2.33. The molecule has 1 aliphatic heterocycles. The second-order valence-electron chi connectivity index (χ2n) is 4.68. The van der Waals surface area contributed by atoms with Crippen LogP contribution >= 0.6 is 11.6 Å². The summed E-state index contributed by atoms with van der Waals surface area (Å²) in [6, 6.07) is 3.83. The average Bonchev–Trinajstić information content (AvgIpc) is 2.82. The van der Waals surface area contributed by atoms with Gasteiger partial charge in [-0.15, -0.1) is 0 Å². The van der Waals surface area contributed by atoms with Gasteiger partial charge in [-0.25, -0.2) is 0 Å². The van der Waals surface area contributed by atoms with E-state index >= 15 is 0 Å². The van der Waals surface area contributed by atoms with Crippen molar-refractivity contribution in [2.75, 3.05) is 33.5 Å². The molecule has 2 rings (SSSR count). The minimum Gasteiger partial charge on any atom is -0.493 e. The molecule has 5 heteroatoms. The van der Waals surface area contributed by atoms with Crippen molar-refractivity contribution in [2.45, 2.75) is 18.9 Å². The lowest BCUT2D eigenvalue weighted by Crippen LogP contribution is -2.29. The summed E-state index contributed by atoms with van der Waals surface area (Å²) in [5.74, 6) is 0.955. The van der Waals surface area contributed by atoms with Crippen LogP contribution in [0.4, 0.5) is 0 Å². The standard InChI is InChI=1S/C14H20ClNO3/c1-17-4-5-18-9-13(16)8-11-7-12(15)6-10-2-3-19-14(10)11/h6-7,13H,2-5,8-9,16H2,1H3. The molecule has 0 radical (unpaired) electrons. The Balaban J connectivity index is 1.92. The zero-order valence-electron chi connectivity index (χ0n) is 11.2. The summed E-state index contributed by atoms with van der Waals surface area (Å²) in [5, 5.41) is 0.742. The van der Waals surface area contributed by atoms with Crippen LogP contribution < -0.4 is 10.5 Å². The fraction of sp³-hybridized carbons (Fsp3) is 0.571. The summed E-state index contributed by atoms with van der Waals surface area (Å²) >= 11 is 6.11. The molecule has 1 atom stereocenters. The molecule has 0 saturated carbocycles. The Morgan fingerprint density at radius 2 is 2.26 bits per heavy atom. The SMILES string of the molecule is COCCOCC(N)Cc1cc(Cl)cc2c1OCC2. The highest BCUT2D eigenvalue weighted by atomic mass is 35.5. The predicted octanol–water partition coefficient (Wildman–Crippen LogP) is 1.81. The molecule has 1 aromatic carbocycles. The third-order valence-corrected chi connectivity index (χ3v) is 3.29. The van der Waals surface area contributed by atoms with Crippen LogP contribution in [-0.4, -0.2) is 39.6 Å². The molecule has 1 heterocycles. The van der Waals surface area contributed by atoms with Gasteiger partial charge in [0.05, 0.1) is 26.4 Å². The molecule has 1 aliphatic rings. The number of methoxy groups -OCH3 is 1. The van der Waals surface area contributed by atoms with Gasteiger partial charge in [-0.05, 0) is 29.7 Å². The molecule has 1 aromatic rings. The number of hydrogen-bond acceptors (Lipinski definition) is 4. The lowest BCUT2D eigenvalue weighted by atomic mass is 10.0. The van der Waals surface area contributed by atoms with Gasteiger partial charge in [0.25, 0.3) is 0 Å². The van der Waals surface area contributed by atoms with Gasteiger partial charge in [-0.3, -0.25) is 0 Å². The van der Waals surface area contributed by atoms with E-state index < -0.39 is 0 Å². The Morgan fingerprint density at radius 1 is 1.42 bits per heavy atom. The molecule has 19 heavy (non-hydrogen) atoms. The molecular weight excluding hydrogens is 266 g/mol. The van der Waals surface area contributed by atoms with Crippen molar-refractivity contribution in [3.63, 3.8) is 0 Å². The fourth-order valence-corrected chi connectivity index (χ4v) is 2.48. The Kier molecular flexibility index (Phi) is 5.45. The number of nitrogens with two attached hydrogens (primary N) is 1. The largest absolute Gasteiger partial charge is 0.493 e. The second kappa shape index (κ2) is 7.10. The van der Waals surface area contributed by atoms with Crippen LogP contribution in [0.1, 0.15) is 11.1 Å². The van der Waals surface area contributed by atoms with E-state index in [0.717, 1.165) is 29.4 Å². The summed E-state index contributed by atoms with van der Waals surface area (Å²) in [6.45, 7) is 2.38. The number of ether oxygens (including phenoxy) is 3. The second-order valence-corrected chi connectivity index (χ2v) is 5.12. The average molecular weight is 286 g/mol. The number of fused-ring (bicyclic) bond motifs is 1. The molecule has 0 spiro atoms. The van der Waals surface area contributed by atoms with Crippen LogP contribution in [-0.2, 0) is 22.3 Å². The number of halogens is 1. The Hall–Kier alpha value is -0.810. The molecule has 0 aliphatic carbocycles. The normalized spacial score (nSPS) is 15.1. The van der Waals surface area contributed by atoms with Crippen molar-refractivity contribution < 1.29 is 14.2 Å². The zero-order valence-corrected chi connectivity index (χ0v) is 11.9. The van der Waals surface area contributed by atoms with Crippen LogP contribution in [0.15, 0.2) is 12.1 Å². The lowest BCUT2D eigenvalue weighted by molar-refractivity contribution is 0.0636. The third-order valence-electron chi connectivity index (χ3n) is 3.07. The smallest absolute Gasteiger partial charge is 0.125 e. The van der Waals surface area contributed by atoms with Crippen LogP contribution in [0.5, 0.6) is 5.75 Å². The van der Waals surface area contributed by atoms with Gasteiger partial charge in [-0.2, -0.15) is 0 Å². The fourth-order valence-electron chi connectivity index (χ4n) is 2.22. The zero-order chi connectivity index (χ0) is 13.7. The number of rotatable bonds is 7. The number of hydrogen-bond donors (Lipinski definition) is 1. The topological polar surface area (TPSA) is 53.7 Å². The van der Waals surface area contributed by atoms with E-state index in [1.54, 1.807) is 7.11 Å². The van der Waals surface area contributed by atoms with Crippen molar-refractivity contribution in [2.24, 2.45) is 5.73 Å². The number of benzene rings is 1. The first-order valence-corrected chi connectivity index (χ1v) is 6.85. The van der Waals surface area contributed by atoms with Crippen molar-refractivity contribution in [1.29, 1.82) is 0 Å². The van der Waals surface area contributed by atoms with Crippen LogP contribution in [0.3, 0.4) is 0 Å². The monoisotopic (exact) mass is 285 g/mol. The molecule has 1 unspecified atom stereocenters. The summed E-state index contributed by atoms with van der Waals surface area (Å²) in [6.07, 6.45) is 1.62. The van der Waals surface area contributed by atoms with Crippen molar-refractivity contribution >= 4 is 11.6 Å². The summed E-state index contributed by atoms with van der Waals surface area (Å²) in [5.41, 5.74) is 8.32. The quantitative estimate of drug-likeness (QED) is 0.776. The van der Waals surface area contributed by atoms with Crippen LogP contribution in [0.25, 0.3) is 0 Å². The van der Waals surface area contributed by atoms with E-state index in [1.165, 1.54) is 5.56 Å². The van der Waals surface area contributed by atoms with Crippen LogP contribution in [0, 0.1) is 0 Å². The van der Waals surface area contributed by atoms with E-state index in [4.69, 9.17) is 31.5 Å². The summed E-state index contributed by atoms with van der Waals surface area (Å²) < 4.78 is 16.0. The van der Waals surface area contributed by atoms with Gasteiger partial charge in [-0.1, -0.05) is 11.6 Å². The molecule has 2 N–H and O–H groups in total. The molecule has 106 valence electrons. The van der Waals surface area contributed by atoms with Crippen molar-refractivity contribution in [1.82, 2.24) is 0 Å². The van der Waals surface area contributed by atoms with Crippen molar-refractivity contribution in [3.8, 4) is 5.75 Å². The Bertz CT molecular complexity index is 425. The van der Waals surface area contributed by atoms with E-state index in [0.29, 0.717) is 26.2 Å². The molecule has 0 amide bonds.